The number of esters is 1. The summed E-state index contributed by atoms with van der Waals surface area (Å²) in [5, 5.41) is 26.0. The number of carbonyl (C=O) groups is 4. The minimum atomic E-state index is -1.38. The van der Waals surface area contributed by atoms with E-state index in [0.717, 1.165) is 0 Å². The Bertz CT molecular complexity index is 891. The van der Waals surface area contributed by atoms with Crippen molar-refractivity contribution in [3.8, 4) is 0 Å². The first kappa shape index (κ1) is 24.0. The molecule has 0 spiro atoms. The number of hydrogen-bond donors (Lipinski definition) is 5. The SMILES string of the molecule is CC(C)/C=C1\NC(=O)[C@H](C(C)(C)OC(=O)CNC(=O)c2ccc([NH+]([O-])O)cc2)NC1=O. The Kier molecular flexibility index (Phi) is 7.50. The Morgan fingerprint density at radius 1 is 1.29 bits per heavy atom. The van der Waals surface area contributed by atoms with Crippen molar-refractivity contribution in [1.82, 2.24) is 16.0 Å². The molecule has 11 heteroatoms. The van der Waals surface area contributed by atoms with Gasteiger partial charge in [0.05, 0.1) is 0 Å². The van der Waals surface area contributed by atoms with Gasteiger partial charge in [0, 0.05) is 17.7 Å². The predicted octanol–water partition coefficient (Wildman–Crippen LogP) is -0.704. The summed E-state index contributed by atoms with van der Waals surface area (Å²) in [6, 6.07) is 4.06. The normalized spacial score (nSPS) is 18.9. The van der Waals surface area contributed by atoms with Gasteiger partial charge in [0.25, 0.3) is 17.7 Å². The molecule has 0 bridgehead atoms. The summed E-state index contributed by atoms with van der Waals surface area (Å²) in [5.41, 5.74) is -1.05. The Morgan fingerprint density at radius 3 is 2.45 bits per heavy atom. The van der Waals surface area contributed by atoms with Crippen molar-refractivity contribution in [3.63, 3.8) is 0 Å². The number of carbonyl (C=O) groups excluding carboxylic acids is 4. The number of benzene rings is 1. The third kappa shape index (κ3) is 6.35. The zero-order valence-corrected chi connectivity index (χ0v) is 17.6. The van der Waals surface area contributed by atoms with Gasteiger partial charge in [0.15, 0.2) is 5.69 Å². The van der Waals surface area contributed by atoms with Crippen molar-refractivity contribution in [2.24, 2.45) is 5.92 Å². The van der Waals surface area contributed by atoms with Gasteiger partial charge in [-0.15, -0.1) is 0 Å². The van der Waals surface area contributed by atoms with Crippen molar-refractivity contribution in [3.05, 3.63) is 46.8 Å². The van der Waals surface area contributed by atoms with E-state index in [2.05, 4.69) is 16.0 Å². The molecule has 5 N–H and O–H groups in total. The van der Waals surface area contributed by atoms with Crippen LogP contribution in [0.2, 0.25) is 0 Å². The lowest BCUT2D eigenvalue weighted by atomic mass is 9.95. The molecule has 1 aromatic rings. The van der Waals surface area contributed by atoms with Crippen LogP contribution in [-0.2, 0) is 19.1 Å². The third-order valence-corrected chi connectivity index (χ3v) is 4.40. The first-order valence-corrected chi connectivity index (χ1v) is 9.57. The molecule has 2 rings (SSSR count). The van der Waals surface area contributed by atoms with Gasteiger partial charge in [-0.2, -0.15) is 5.23 Å². The fourth-order valence-corrected chi connectivity index (χ4v) is 2.88. The second-order valence-corrected chi connectivity index (χ2v) is 7.86. The van der Waals surface area contributed by atoms with Gasteiger partial charge in [-0.1, -0.05) is 19.9 Å². The van der Waals surface area contributed by atoms with Crippen LogP contribution < -0.4 is 21.2 Å². The van der Waals surface area contributed by atoms with Crippen LogP contribution in [-0.4, -0.2) is 47.1 Å². The molecule has 11 nitrogen and oxygen atoms in total. The smallest absolute Gasteiger partial charge is 0.326 e. The Labute approximate surface area is 179 Å². The number of piperazine rings is 1. The molecular weight excluding hydrogens is 408 g/mol. The standard InChI is InChI=1S/C20H26N4O7/c1-11(2)9-14-18(27)23-16(19(28)22-14)20(3,4)31-15(25)10-21-17(26)12-5-7-13(8-6-12)24(29)30/h5-9,11,16,24,29H,10H2,1-4H3,(H,21,26)(H,22,28)(H,23,27)/b14-9-/t16-/m1/s1. The van der Waals surface area contributed by atoms with Gasteiger partial charge in [0.2, 0.25) is 0 Å². The number of allylic oxidation sites excluding steroid dienone is 1. The highest BCUT2D eigenvalue weighted by molar-refractivity contribution is 6.05. The van der Waals surface area contributed by atoms with Crippen molar-refractivity contribution < 1.29 is 34.3 Å². The van der Waals surface area contributed by atoms with Crippen LogP contribution in [0.15, 0.2) is 36.0 Å². The van der Waals surface area contributed by atoms with E-state index in [-0.39, 0.29) is 22.9 Å². The molecule has 168 valence electrons. The van der Waals surface area contributed by atoms with Crippen molar-refractivity contribution >= 4 is 29.4 Å². The maximum Gasteiger partial charge on any atom is 0.326 e. The molecule has 0 radical (unpaired) electrons. The van der Waals surface area contributed by atoms with E-state index in [4.69, 9.17) is 9.94 Å². The van der Waals surface area contributed by atoms with E-state index in [1.54, 1.807) is 6.08 Å². The van der Waals surface area contributed by atoms with Crippen molar-refractivity contribution in [1.29, 1.82) is 0 Å². The number of nitrogens with one attached hydrogen (secondary N) is 4. The maximum atomic E-state index is 12.4. The fraction of sp³-hybridized carbons (Fsp3) is 0.400. The van der Waals surface area contributed by atoms with Gasteiger partial charge in [-0.25, -0.2) is 5.21 Å². The van der Waals surface area contributed by atoms with E-state index >= 15 is 0 Å². The molecule has 1 aromatic carbocycles. The van der Waals surface area contributed by atoms with Gasteiger partial charge in [-0.05, 0) is 31.9 Å². The number of rotatable bonds is 7. The topological polar surface area (TPSA) is 161 Å². The van der Waals surface area contributed by atoms with Crippen LogP contribution in [0.5, 0.6) is 0 Å². The number of ether oxygens (including phenoxy) is 1. The molecule has 2 atom stereocenters. The summed E-state index contributed by atoms with van der Waals surface area (Å²) in [7, 11) is 0. The quantitative estimate of drug-likeness (QED) is 0.215. The second kappa shape index (κ2) is 9.69. The largest absolute Gasteiger partial charge is 0.595 e. The average Bonchev–Trinajstić information content (AvgIpc) is 2.67. The molecule has 0 saturated carbocycles. The summed E-state index contributed by atoms with van der Waals surface area (Å²) < 4.78 is 5.32. The summed E-state index contributed by atoms with van der Waals surface area (Å²) in [5.74, 6) is -2.37. The maximum absolute atomic E-state index is 12.4. The van der Waals surface area contributed by atoms with Crippen molar-refractivity contribution in [2.45, 2.75) is 39.3 Å². The summed E-state index contributed by atoms with van der Waals surface area (Å²) in [4.78, 5) is 49.0. The Morgan fingerprint density at radius 2 is 1.90 bits per heavy atom. The lowest BCUT2D eigenvalue weighted by molar-refractivity contribution is -0.991. The molecule has 0 aromatic heterocycles. The highest BCUT2D eigenvalue weighted by Crippen LogP contribution is 2.19. The zero-order valence-electron chi connectivity index (χ0n) is 17.6. The summed E-state index contributed by atoms with van der Waals surface area (Å²) in [6.45, 7) is 6.18. The highest BCUT2D eigenvalue weighted by atomic mass is 16.8. The van der Waals surface area contributed by atoms with Crippen LogP contribution in [0, 0.1) is 11.1 Å². The number of amides is 3. The molecule has 1 aliphatic rings. The molecule has 1 unspecified atom stereocenters. The predicted molar refractivity (Wildman–Crippen MR) is 108 cm³/mol. The lowest BCUT2D eigenvalue weighted by Gasteiger charge is -2.36. The Hall–Kier alpha value is -3.28. The van der Waals surface area contributed by atoms with Gasteiger partial charge in [-0.3, -0.25) is 19.2 Å². The Balaban J connectivity index is 1.94. The summed E-state index contributed by atoms with van der Waals surface area (Å²) >= 11 is 0. The first-order chi connectivity index (χ1) is 14.4. The van der Waals surface area contributed by atoms with E-state index in [1.165, 1.54) is 38.1 Å². The fourth-order valence-electron chi connectivity index (χ4n) is 2.88. The van der Waals surface area contributed by atoms with E-state index in [1.807, 2.05) is 13.8 Å². The van der Waals surface area contributed by atoms with Crippen molar-refractivity contribution in [2.75, 3.05) is 6.54 Å². The monoisotopic (exact) mass is 434 g/mol. The van der Waals surface area contributed by atoms with Gasteiger partial charge in [0.1, 0.15) is 23.9 Å². The molecule has 0 aliphatic carbocycles. The zero-order chi connectivity index (χ0) is 23.3. The molecule has 3 amide bonds. The van der Waals surface area contributed by atoms with Crippen LogP contribution in [0.25, 0.3) is 0 Å². The lowest BCUT2D eigenvalue weighted by Crippen LogP contribution is -2.99. The van der Waals surface area contributed by atoms with Crippen LogP contribution in [0.1, 0.15) is 38.1 Å². The molecule has 1 heterocycles. The van der Waals surface area contributed by atoms with Crippen LogP contribution in [0.3, 0.4) is 0 Å². The van der Waals surface area contributed by atoms with Crippen LogP contribution in [0.4, 0.5) is 5.69 Å². The number of hydrogen-bond acceptors (Lipinski definition) is 7. The van der Waals surface area contributed by atoms with E-state index in [9.17, 15) is 24.4 Å². The molecule has 31 heavy (non-hydrogen) atoms. The molecule has 1 aliphatic heterocycles. The minimum Gasteiger partial charge on any atom is -0.595 e. The minimum absolute atomic E-state index is 0.0249. The second-order valence-electron chi connectivity index (χ2n) is 7.86. The van der Waals surface area contributed by atoms with Gasteiger partial charge < -0.3 is 25.9 Å². The highest BCUT2D eigenvalue weighted by Gasteiger charge is 2.43. The third-order valence-electron chi connectivity index (χ3n) is 4.40. The molecular formula is C20H26N4O7. The molecule has 1 fully saturated rings. The average molecular weight is 434 g/mol. The van der Waals surface area contributed by atoms with Crippen LogP contribution >= 0.6 is 0 Å². The van der Waals surface area contributed by atoms with Gasteiger partial charge >= 0.3 is 5.97 Å². The van der Waals surface area contributed by atoms with E-state index < -0.39 is 47.1 Å². The summed E-state index contributed by atoms with van der Waals surface area (Å²) in [6.07, 6.45) is 1.61. The van der Waals surface area contributed by atoms with E-state index in [0.29, 0.717) is 0 Å². The first-order valence-electron chi connectivity index (χ1n) is 9.57. The molecule has 1 saturated heterocycles. The number of quaternary nitrogens is 1.